The van der Waals surface area contributed by atoms with Crippen molar-refractivity contribution in [3.05, 3.63) is 77.5 Å². The molecule has 1 fully saturated rings. The third-order valence-corrected chi connectivity index (χ3v) is 6.97. The van der Waals surface area contributed by atoms with Gasteiger partial charge in [-0.3, -0.25) is 0 Å². The maximum absolute atomic E-state index is 8.96. The lowest BCUT2D eigenvalue weighted by Gasteiger charge is -2.16. The Balaban J connectivity index is 1.62. The average molecular weight is 397 g/mol. The van der Waals surface area contributed by atoms with E-state index in [0.717, 1.165) is 49.2 Å². The molecular weight excluding hydrogens is 366 g/mol. The molecule has 0 radical (unpaired) electrons. The van der Waals surface area contributed by atoms with E-state index in [1.807, 2.05) is 18.5 Å². The lowest BCUT2D eigenvalue weighted by molar-refractivity contribution is -0.660. The molecule has 0 amide bonds. The lowest BCUT2D eigenvalue weighted by atomic mass is 9.89. The summed E-state index contributed by atoms with van der Waals surface area (Å²) >= 11 is 0. The molecule has 3 nitrogen and oxygen atoms in total. The molecule has 0 bridgehead atoms. The van der Waals surface area contributed by atoms with Gasteiger partial charge in [0.25, 0.3) is 0 Å². The van der Waals surface area contributed by atoms with E-state index in [1.165, 1.54) is 33.2 Å². The predicted octanol–water partition coefficient (Wildman–Crippen LogP) is 5.46. The number of hydrogen-bond donors (Lipinski definition) is 0. The summed E-state index contributed by atoms with van der Waals surface area (Å²) in [6.07, 6.45) is 9.70. The van der Waals surface area contributed by atoms with Gasteiger partial charge in [0.15, 0.2) is 6.20 Å². The van der Waals surface area contributed by atoms with Gasteiger partial charge < -0.3 is 4.57 Å². The highest BCUT2D eigenvalue weighted by molar-refractivity contribution is 6.00. The number of aryl methyl sites for hydroxylation is 2. The van der Waals surface area contributed by atoms with Crippen molar-refractivity contribution >= 4 is 10.8 Å². The Morgan fingerprint density at radius 1 is 1.17 bits per heavy atom. The number of benzene rings is 2. The van der Waals surface area contributed by atoms with Crippen molar-refractivity contribution in [3.63, 3.8) is 0 Å². The molecule has 0 saturated heterocycles. The third-order valence-electron chi connectivity index (χ3n) is 6.97. The molecule has 4 aromatic rings. The van der Waals surface area contributed by atoms with Gasteiger partial charge in [0.05, 0.1) is 11.3 Å². The summed E-state index contributed by atoms with van der Waals surface area (Å²) in [5.74, 6) is 1.17. The van der Waals surface area contributed by atoms with Gasteiger partial charge in [-0.15, -0.1) is 0 Å². The second kappa shape index (κ2) is 6.80. The minimum atomic E-state index is -1.31. The van der Waals surface area contributed by atoms with Crippen molar-refractivity contribution in [3.8, 4) is 16.9 Å². The van der Waals surface area contributed by atoms with Crippen LogP contribution in [0, 0.1) is 12.8 Å². The fourth-order valence-corrected chi connectivity index (χ4v) is 5.49. The lowest BCUT2D eigenvalue weighted by Crippen LogP contribution is -2.31. The minimum absolute atomic E-state index is 0.108. The van der Waals surface area contributed by atoms with E-state index in [-0.39, 0.29) is 5.92 Å². The maximum atomic E-state index is 8.96. The van der Waals surface area contributed by atoms with Crippen LogP contribution >= 0.6 is 0 Å². The summed E-state index contributed by atoms with van der Waals surface area (Å²) < 4.78 is 22.3. The average Bonchev–Trinajstić information content (AvgIpc) is 3.53. The molecular formula is C27H28N3+. The molecule has 1 aliphatic heterocycles. The van der Waals surface area contributed by atoms with Crippen molar-refractivity contribution in [2.75, 3.05) is 0 Å². The zero-order valence-corrected chi connectivity index (χ0v) is 17.7. The second-order valence-electron chi connectivity index (χ2n) is 8.80. The molecule has 3 heterocycles. The fraction of sp³-hybridized carbons (Fsp3) is 0.333. The fourth-order valence-electron chi connectivity index (χ4n) is 5.49. The molecule has 1 aliphatic carbocycles. The molecule has 0 N–H and O–H groups in total. The molecule has 150 valence electrons. The smallest absolute Gasteiger partial charge is 0.213 e. The van der Waals surface area contributed by atoms with Gasteiger partial charge >= 0.3 is 0 Å². The molecule has 2 aliphatic rings. The van der Waals surface area contributed by atoms with Crippen LogP contribution in [-0.4, -0.2) is 9.55 Å². The molecule has 3 heteroatoms. The number of nitrogens with zero attached hydrogens (tertiary/aromatic N) is 3. The standard InChI is InChI=1S/C27H28N3/c1-18-21-9-5-6-10-22(21)27-23(17-25-28-12-14-30(25)27)26(18)24-16-20(11-13-29(24)2)15-19-7-3-4-8-19/h5-6,9-14,16,19H,3-4,7-8,15,17H2,1-2H3/q+1/i15D2. The molecule has 0 spiro atoms. The van der Waals surface area contributed by atoms with Gasteiger partial charge in [0.2, 0.25) is 5.69 Å². The van der Waals surface area contributed by atoms with Crippen molar-refractivity contribution in [1.82, 2.24) is 9.55 Å². The van der Waals surface area contributed by atoms with Crippen molar-refractivity contribution in [1.29, 1.82) is 0 Å². The van der Waals surface area contributed by atoms with Crippen LogP contribution in [-0.2, 0) is 19.8 Å². The van der Waals surface area contributed by atoms with E-state index in [0.29, 0.717) is 0 Å². The Labute approximate surface area is 180 Å². The van der Waals surface area contributed by atoms with Crippen LogP contribution in [0.3, 0.4) is 0 Å². The normalized spacial score (nSPS) is 17.1. The van der Waals surface area contributed by atoms with Gasteiger partial charge in [0, 0.05) is 39.1 Å². The zero-order chi connectivity index (χ0) is 22.0. The van der Waals surface area contributed by atoms with E-state index >= 15 is 0 Å². The highest BCUT2D eigenvalue weighted by Crippen LogP contribution is 2.42. The van der Waals surface area contributed by atoms with Crippen LogP contribution in [0.4, 0.5) is 0 Å². The molecule has 6 rings (SSSR count). The molecule has 0 atom stereocenters. The first-order chi connectivity index (χ1) is 15.5. The van der Waals surface area contributed by atoms with Gasteiger partial charge in [-0.25, -0.2) is 9.55 Å². The van der Waals surface area contributed by atoms with Crippen LogP contribution in [0.15, 0.2) is 55.0 Å². The molecule has 2 aromatic carbocycles. The van der Waals surface area contributed by atoms with Gasteiger partial charge in [-0.1, -0.05) is 49.9 Å². The Hall–Kier alpha value is -2.94. The topological polar surface area (TPSA) is 21.7 Å². The summed E-state index contributed by atoms with van der Waals surface area (Å²) in [5.41, 5.74) is 6.86. The number of aromatic nitrogens is 3. The third kappa shape index (κ3) is 2.64. The van der Waals surface area contributed by atoms with Gasteiger partial charge in [-0.05, 0) is 41.3 Å². The highest BCUT2D eigenvalue weighted by atomic mass is 15.1. The van der Waals surface area contributed by atoms with Crippen molar-refractivity contribution in [2.24, 2.45) is 13.0 Å². The minimum Gasteiger partial charge on any atom is -0.303 e. The van der Waals surface area contributed by atoms with Gasteiger partial charge in [0.1, 0.15) is 12.9 Å². The van der Waals surface area contributed by atoms with Gasteiger partial charge in [-0.2, -0.15) is 0 Å². The van der Waals surface area contributed by atoms with Crippen LogP contribution in [0.2, 0.25) is 0 Å². The highest BCUT2D eigenvalue weighted by Gasteiger charge is 2.30. The van der Waals surface area contributed by atoms with Crippen LogP contribution in [0.5, 0.6) is 0 Å². The van der Waals surface area contributed by atoms with Crippen LogP contribution in [0.1, 0.15) is 50.9 Å². The summed E-state index contributed by atoms with van der Waals surface area (Å²) in [5, 5.41) is 2.49. The van der Waals surface area contributed by atoms with Crippen molar-refractivity contribution < 1.29 is 7.31 Å². The Kier molecular flexibility index (Phi) is 3.59. The van der Waals surface area contributed by atoms with E-state index in [4.69, 9.17) is 2.74 Å². The first-order valence-corrected chi connectivity index (χ1v) is 11.0. The zero-order valence-electron chi connectivity index (χ0n) is 19.7. The molecule has 30 heavy (non-hydrogen) atoms. The van der Waals surface area contributed by atoms with E-state index < -0.39 is 6.37 Å². The van der Waals surface area contributed by atoms with E-state index in [9.17, 15) is 0 Å². The Morgan fingerprint density at radius 3 is 2.80 bits per heavy atom. The Bertz CT molecular complexity index is 1360. The largest absolute Gasteiger partial charge is 0.303 e. The summed E-state index contributed by atoms with van der Waals surface area (Å²) in [7, 11) is 2.07. The van der Waals surface area contributed by atoms with E-state index in [1.54, 1.807) is 0 Å². The van der Waals surface area contributed by atoms with Crippen LogP contribution in [0.25, 0.3) is 27.7 Å². The summed E-state index contributed by atoms with van der Waals surface area (Å²) in [6, 6.07) is 12.7. The number of rotatable bonds is 3. The first kappa shape index (κ1) is 15.8. The first-order valence-electron chi connectivity index (χ1n) is 12.0. The Morgan fingerprint density at radius 2 is 1.97 bits per heavy atom. The molecule has 1 saturated carbocycles. The molecule has 0 unspecified atom stereocenters. The molecule has 2 aromatic heterocycles. The van der Waals surface area contributed by atoms with Crippen LogP contribution < -0.4 is 4.57 Å². The predicted molar refractivity (Wildman–Crippen MR) is 121 cm³/mol. The van der Waals surface area contributed by atoms with Crippen molar-refractivity contribution in [2.45, 2.75) is 45.4 Å². The number of pyridine rings is 1. The maximum Gasteiger partial charge on any atom is 0.213 e. The quantitative estimate of drug-likeness (QED) is 0.371. The number of hydrogen-bond acceptors (Lipinski definition) is 1. The second-order valence-corrected chi connectivity index (χ2v) is 8.80. The monoisotopic (exact) mass is 396 g/mol. The summed E-state index contributed by atoms with van der Waals surface area (Å²) in [4.78, 5) is 4.61. The number of fused-ring (bicyclic) bond motifs is 5. The number of imidazole rings is 1. The SMILES string of the molecule is [2H]C([2H])(c1cc[n+](C)c(-c2c3c(c4ccccc4c2C)-n2ccnc2C3)c1)C1CCCC1. The van der Waals surface area contributed by atoms with E-state index in [2.05, 4.69) is 64.6 Å². The summed E-state index contributed by atoms with van der Waals surface area (Å²) in [6.45, 7) is 2.21.